The summed E-state index contributed by atoms with van der Waals surface area (Å²) in [5, 5.41) is 1.03. The van der Waals surface area contributed by atoms with Crippen molar-refractivity contribution in [1.82, 2.24) is 0 Å². The van der Waals surface area contributed by atoms with E-state index >= 15 is 0 Å². The highest BCUT2D eigenvalue weighted by Gasteiger charge is 2.27. The summed E-state index contributed by atoms with van der Waals surface area (Å²) >= 11 is 0. The number of rotatable bonds is 1. The molecule has 0 radical (unpaired) electrons. The number of hydrogen-bond acceptors (Lipinski definition) is 4. The van der Waals surface area contributed by atoms with Crippen LogP contribution in [-0.2, 0) is 19.4 Å². The molecule has 20 heavy (non-hydrogen) atoms. The summed E-state index contributed by atoms with van der Waals surface area (Å²) in [7, 11) is 0. The van der Waals surface area contributed by atoms with E-state index in [1.165, 1.54) is 29.3 Å². The van der Waals surface area contributed by atoms with Crippen molar-refractivity contribution < 1.29 is 4.42 Å². The summed E-state index contributed by atoms with van der Waals surface area (Å²) in [5.41, 5.74) is 11.1. The molecular formula is C16H18N2O2. The molecule has 1 aromatic heterocycles. The monoisotopic (exact) mass is 270 g/mol. The average molecular weight is 270 g/mol. The second-order valence-corrected chi connectivity index (χ2v) is 5.73. The number of hydrogen-bond donors (Lipinski definition) is 1. The number of aryl methyl sites for hydroxylation is 2. The maximum atomic E-state index is 11.8. The first-order valence-electron chi connectivity index (χ1n) is 7.34. The lowest BCUT2D eigenvalue weighted by Crippen LogP contribution is -2.34. The fourth-order valence-corrected chi connectivity index (χ4v) is 3.71. The first-order chi connectivity index (χ1) is 9.78. The van der Waals surface area contributed by atoms with Gasteiger partial charge in [0.25, 0.3) is 0 Å². The first-order valence-corrected chi connectivity index (χ1v) is 7.34. The number of fused-ring (bicyclic) bond motifs is 2. The molecule has 0 fully saturated rings. The third-order valence-corrected chi connectivity index (χ3v) is 4.53. The van der Waals surface area contributed by atoms with E-state index in [-0.39, 0.29) is 5.63 Å². The molecular weight excluding hydrogens is 252 g/mol. The van der Waals surface area contributed by atoms with E-state index in [2.05, 4.69) is 11.0 Å². The minimum atomic E-state index is -0.290. The van der Waals surface area contributed by atoms with Crippen LogP contribution >= 0.6 is 0 Å². The van der Waals surface area contributed by atoms with Crippen LogP contribution in [0.5, 0.6) is 0 Å². The van der Waals surface area contributed by atoms with E-state index in [9.17, 15) is 4.79 Å². The van der Waals surface area contributed by atoms with Gasteiger partial charge < -0.3 is 15.1 Å². The molecule has 4 nitrogen and oxygen atoms in total. The molecule has 0 bridgehead atoms. The largest absolute Gasteiger partial charge is 0.422 e. The van der Waals surface area contributed by atoms with E-state index in [0.717, 1.165) is 48.9 Å². The van der Waals surface area contributed by atoms with E-state index < -0.39 is 0 Å². The standard InChI is InChI=1S/C16H18N2O2/c17-9-11-8-14(19)20-16-12-4-2-6-18-5-1-3-10(15(12)18)7-13(11)16/h7-8H,1-6,9,17H2. The maximum Gasteiger partial charge on any atom is 0.336 e. The number of nitrogens with zero attached hydrogens (tertiary/aromatic N) is 1. The van der Waals surface area contributed by atoms with Crippen molar-refractivity contribution in [2.24, 2.45) is 5.73 Å². The van der Waals surface area contributed by atoms with Gasteiger partial charge in [0.1, 0.15) is 5.58 Å². The molecule has 0 amide bonds. The third kappa shape index (κ3) is 1.61. The van der Waals surface area contributed by atoms with Crippen molar-refractivity contribution >= 4 is 16.7 Å². The fraction of sp³-hybridized carbons (Fsp3) is 0.438. The number of benzene rings is 1. The van der Waals surface area contributed by atoms with Gasteiger partial charge in [-0.25, -0.2) is 4.79 Å². The van der Waals surface area contributed by atoms with E-state index in [1.807, 2.05) is 0 Å². The zero-order chi connectivity index (χ0) is 13.7. The predicted octanol–water partition coefficient (Wildman–Crippen LogP) is 1.95. The van der Waals surface area contributed by atoms with Gasteiger partial charge in [-0.05, 0) is 42.9 Å². The Balaban J connectivity index is 2.12. The van der Waals surface area contributed by atoms with Gasteiger partial charge in [-0.1, -0.05) is 0 Å². The van der Waals surface area contributed by atoms with Crippen LogP contribution in [0, 0.1) is 0 Å². The Morgan fingerprint density at radius 2 is 2.00 bits per heavy atom. The molecule has 4 heteroatoms. The molecule has 0 spiro atoms. The molecule has 2 N–H and O–H groups in total. The van der Waals surface area contributed by atoms with Gasteiger partial charge in [-0.2, -0.15) is 0 Å². The number of nitrogens with two attached hydrogens (primary N) is 1. The molecule has 0 unspecified atom stereocenters. The van der Waals surface area contributed by atoms with Crippen LogP contribution in [0.2, 0.25) is 0 Å². The van der Waals surface area contributed by atoms with Crippen molar-refractivity contribution in [2.45, 2.75) is 32.2 Å². The van der Waals surface area contributed by atoms with Crippen LogP contribution in [0.1, 0.15) is 29.5 Å². The topological polar surface area (TPSA) is 59.5 Å². The minimum absolute atomic E-state index is 0.290. The van der Waals surface area contributed by atoms with E-state index in [4.69, 9.17) is 10.2 Å². The second kappa shape index (κ2) is 4.35. The summed E-state index contributed by atoms with van der Waals surface area (Å²) in [6.45, 7) is 2.61. The quantitative estimate of drug-likeness (QED) is 0.805. The fourth-order valence-electron chi connectivity index (χ4n) is 3.71. The highest BCUT2D eigenvalue weighted by molar-refractivity contribution is 5.90. The molecule has 3 heterocycles. The molecule has 2 aliphatic rings. The van der Waals surface area contributed by atoms with Crippen LogP contribution in [0.15, 0.2) is 21.3 Å². The Bertz CT molecular complexity index is 746. The molecule has 0 saturated heterocycles. The highest BCUT2D eigenvalue weighted by Crippen LogP contribution is 2.40. The third-order valence-electron chi connectivity index (χ3n) is 4.53. The molecule has 0 aliphatic carbocycles. The zero-order valence-corrected chi connectivity index (χ0v) is 11.4. The first kappa shape index (κ1) is 12.0. The normalized spacial score (nSPS) is 17.4. The van der Waals surface area contributed by atoms with E-state index in [0.29, 0.717) is 6.54 Å². The molecule has 4 rings (SSSR count). The van der Waals surface area contributed by atoms with Gasteiger partial charge in [-0.15, -0.1) is 0 Å². The minimum Gasteiger partial charge on any atom is -0.422 e. The predicted molar refractivity (Wildman–Crippen MR) is 79.2 cm³/mol. The second-order valence-electron chi connectivity index (χ2n) is 5.73. The van der Waals surface area contributed by atoms with Crippen molar-refractivity contribution in [2.75, 3.05) is 18.0 Å². The Kier molecular flexibility index (Phi) is 2.60. The molecule has 0 saturated carbocycles. The maximum absolute atomic E-state index is 11.8. The summed E-state index contributed by atoms with van der Waals surface area (Å²) < 4.78 is 5.54. The lowest BCUT2D eigenvalue weighted by atomic mass is 9.89. The Morgan fingerprint density at radius 3 is 2.80 bits per heavy atom. The Hall–Kier alpha value is -1.81. The summed E-state index contributed by atoms with van der Waals surface area (Å²) in [5.74, 6) is 0. The van der Waals surface area contributed by atoms with Crippen LogP contribution in [0.3, 0.4) is 0 Å². The van der Waals surface area contributed by atoms with Gasteiger partial charge in [0, 0.05) is 42.3 Å². The smallest absolute Gasteiger partial charge is 0.336 e. The molecule has 2 aliphatic heterocycles. The van der Waals surface area contributed by atoms with Gasteiger partial charge in [0.2, 0.25) is 0 Å². The molecule has 2 aromatic rings. The Labute approximate surface area is 117 Å². The van der Waals surface area contributed by atoms with Crippen LogP contribution in [-0.4, -0.2) is 13.1 Å². The highest BCUT2D eigenvalue weighted by atomic mass is 16.4. The summed E-state index contributed by atoms with van der Waals surface area (Å²) in [6, 6.07) is 3.72. The molecule has 1 aromatic carbocycles. The lowest BCUT2D eigenvalue weighted by Gasteiger charge is -2.37. The lowest BCUT2D eigenvalue weighted by molar-refractivity contribution is 0.547. The SMILES string of the molecule is NCc1cc(=O)oc2c3c4c(cc12)CCCN4CCC3. The zero-order valence-electron chi connectivity index (χ0n) is 11.4. The van der Waals surface area contributed by atoms with Crippen molar-refractivity contribution in [3.05, 3.63) is 39.2 Å². The summed E-state index contributed by atoms with van der Waals surface area (Å²) in [6.07, 6.45) is 4.43. The van der Waals surface area contributed by atoms with Gasteiger partial charge in [0.15, 0.2) is 0 Å². The van der Waals surface area contributed by atoms with Gasteiger partial charge in [0.05, 0.1) is 0 Å². The van der Waals surface area contributed by atoms with Crippen molar-refractivity contribution in [3.8, 4) is 0 Å². The van der Waals surface area contributed by atoms with Crippen LogP contribution in [0.4, 0.5) is 5.69 Å². The van der Waals surface area contributed by atoms with Crippen LogP contribution in [0.25, 0.3) is 11.0 Å². The summed E-state index contributed by atoms with van der Waals surface area (Å²) in [4.78, 5) is 14.2. The van der Waals surface area contributed by atoms with Crippen LogP contribution < -0.4 is 16.3 Å². The van der Waals surface area contributed by atoms with E-state index in [1.54, 1.807) is 0 Å². The Morgan fingerprint density at radius 1 is 1.20 bits per heavy atom. The van der Waals surface area contributed by atoms with Gasteiger partial charge >= 0.3 is 5.63 Å². The van der Waals surface area contributed by atoms with Crippen molar-refractivity contribution in [1.29, 1.82) is 0 Å². The average Bonchev–Trinajstić information content (AvgIpc) is 2.48. The molecule has 104 valence electrons. The van der Waals surface area contributed by atoms with Gasteiger partial charge in [-0.3, -0.25) is 0 Å². The molecule has 0 atom stereocenters. The number of anilines is 1. The van der Waals surface area contributed by atoms with Crippen molar-refractivity contribution in [3.63, 3.8) is 0 Å².